The van der Waals surface area contributed by atoms with Gasteiger partial charge in [0.15, 0.2) is 0 Å². The number of aliphatic hydroxyl groups is 1. The van der Waals surface area contributed by atoms with E-state index in [1.165, 1.54) is 5.56 Å². The number of aryl methyl sites for hydroxylation is 1. The Bertz CT molecular complexity index is 514. The minimum absolute atomic E-state index is 0.00327. The molecule has 0 amide bonds. The van der Waals surface area contributed by atoms with Gasteiger partial charge >= 0.3 is 0 Å². The molecular formula is C14H17N3O. The fourth-order valence-electron chi connectivity index (χ4n) is 1.90. The van der Waals surface area contributed by atoms with E-state index in [-0.39, 0.29) is 6.61 Å². The van der Waals surface area contributed by atoms with Crippen LogP contribution in [0.1, 0.15) is 16.8 Å². The third-order valence-electron chi connectivity index (χ3n) is 2.85. The molecule has 2 rings (SSSR count). The third-order valence-corrected chi connectivity index (χ3v) is 2.85. The average Bonchev–Trinajstić information content (AvgIpc) is 2.40. The first-order valence-electron chi connectivity index (χ1n) is 5.87. The van der Waals surface area contributed by atoms with E-state index in [1.807, 2.05) is 32.2 Å². The Balaban J connectivity index is 2.23. The summed E-state index contributed by atoms with van der Waals surface area (Å²) in [5.74, 6) is 0. The van der Waals surface area contributed by atoms with Gasteiger partial charge in [-0.25, -0.2) is 0 Å². The van der Waals surface area contributed by atoms with Crippen LogP contribution in [0.3, 0.4) is 0 Å². The number of anilines is 1. The molecule has 0 aliphatic heterocycles. The van der Waals surface area contributed by atoms with Crippen LogP contribution in [-0.2, 0) is 13.2 Å². The monoisotopic (exact) mass is 243 g/mol. The Labute approximate surface area is 107 Å². The summed E-state index contributed by atoms with van der Waals surface area (Å²) in [5.41, 5.74) is 3.99. The lowest BCUT2D eigenvalue weighted by Crippen LogP contribution is -2.18. The van der Waals surface area contributed by atoms with Gasteiger partial charge < -0.3 is 10.0 Å². The van der Waals surface area contributed by atoms with Gasteiger partial charge in [0.2, 0.25) is 0 Å². The molecule has 0 saturated carbocycles. The molecule has 0 bridgehead atoms. The molecule has 0 aliphatic carbocycles. The Morgan fingerprint density at radius 2 is 2.00 bits per heavy atom. The first-order valence-corrected chi connectivity index (χ1v) is 5.87. The van der Waals surface area contributed by atoms with Crippen molar-refractivity contribution in [2.45, 2.75) is 20.1 Å². The molecule has 2 aromatic rings. The fraction of sp³-hybridized carbons (Fsp3) is 0.286. The van der Waals surface area contributed by atoms with Crippen LogP contribution in [0.5, 0.6) is 0 Å². The number of hydrogen-bond acceptors (Lipinski definition) is 4. The van der Waals surface area contributed by atoms with Crippen molar-refractivity contribution in [2.75, 3.05) is 11.9 Å². The van der Waals surface area contributed by atoms with Crippen LogP contribution in [0.4, 0.5) is 5.69 Å². The summed E-state index contributed by atoms with van der Waals surface area (Å²) in [5, 5.41) is 9.35. The minimum atomic E-state index is 0.00327. The van der Waals surface area contributed by atoms with Crippen molar-refractivity contribution in [3.05, 3.63) is 53.6 Å². The number of nitrogens with zero attached hydrogens (tertiary/aromatic N) is 3. The van der Waals surface area contributed by atoms with Crippen molar-refractivity contribution < 1.29 is 5.11 Å². The van der Waals surface area contributed by atoms with Crippen molar-refractivity contribution in [3.8, 4) is 0 Å². The largest absolute Gasteiger partial charge is 0.392 e. The lowest BCUT2D eigenvalue weighted by molar-refractivity contribution is 0.281. The number of hydrogen-bond donors (Lipinski definition) is 1. The maximum absolute atomic E-state index is 9.35. The van der Waals surface area contributed by atoms with Crippen molar-refractivity contribution in [3.63, 3.8) is 0 Å². The molecule has 94 valence electrons. The fourth-order valence-corrected chi connectivity index (χ4v) is 1.90. The van der Waals surface area contributed by atoms with Crippen LogP contribution < -0.4 is 4.90 Å². The summed E-state index contributed by atoms with van der Waals surface area (Å²) in [6, 6.07) is 5.97. The van der Waals surface area contributed by atoms with Gasteiger partial charge in [0.05, 0.1) is 6.61 Å². The highest BCUT2D eigenvalue weighted by Crippen LogP contribution is 2.21. The van der Waals surface area contributed by atoms with Crippen molar-refractivity contribution in [2.24, 2.45) is 0 Å². The van der Waals surface area contributed by atoms with Gasteiger partial charge in [0.1, 0.15) is 0 Å². The predicted octanol–water partition coefficient (Wildman–Crippen LogP) is 1.91. The molecular weight excluding hydrogens is 226 g/mol. The summed E-state index contributed by atoms with van der Waals surface area (Å²) in [7, 11) is 2.01. The third kappa shape index (κ3) is 2.84. The SMILES string of the molecule is Cc1cc(N(C)Cc2ccncc2)c(CO)cn1. The number of aliphatic hydroxyl groups excluding tert-OH is 1. The zero-order valence-corrected chi connectivity index (χ0v) is 10.7. The average molecular weight is 243 g/mol. The van der Waals surface area contributed by atoms with Gasteiger partial charge in [0.25, 0.3) is 0 Å². The maximum Gasteiger partial charge on any atom is 0.0717 e. The van der Waals surface area contributed by atoms with Gasteiger partial charge in [0, 0.05) is 49.1 Å². The van der Waals surface area contributed by atoms with Crippen molar-refractivity contribution in [1.29, 1.82) is 0 Å². The second kappa shape index (κ2) is 5.60. The zero-order valence-electron chi connectivity index (χ0n) is 10.7. The van der Waals surface area contributed by atoms with Crippen LogP contribution >= 0.6 is 0 Å². The van der Waals surface area contributed by atoms with Crippen molar-refractivity contribution >= 4 is 5.69 Å². The molecule has 0 spiro atoms. The molecule has 0 saturated heterocycles. The van der Waals surface area contributed by atoms with Crippen LogP contribution in [-0.4, -0.2) is 22.1 Å². The summed E-state index contributed by atoms with van der Waals surface area (Å²) >= 11 is 0. The molecule has 4 nitrogen and oxygen atoms in total. The second-order valence-electron chi connectivity index (χ2n) is 4.32. The van der Waals surface area contributed by atoms with Crippen molar-refractivity contribution in [1.82, 2.24) is 9.97 Å². The molecule has 0 aliphatic rings. The first-order chi connectivity index (χ1) is 8.70. The van der Waals surface area contributed by atoms with Gasteiger partial charge in [-0.05, 0) is 30.7 Å². The smallest absolute Gasteiger partial charge is 0.0717 e. The Morgan fingerprint density at radius 1 is 1.28 bits per heavy atom. The summed E-state index contributed by atoms with van der Waals surface area (Å²) < 4.78 is 0. The molecule has 0 radical (unpaired) electrons. The molecule has 0 unspecified atom stereocenters. The molecule has 0 aromatic carbocycles. The zero-order chi connectivity index (χ0) is 13.0. The summed E-state index contributed by atoms with van der Waals surface area (Å²) in [4.78, 5) is 10.3. The van der Waals surface area contributed by atoms with Crippen LogP contribution in [0.2, 0.25) is 0 Å². The number of aromatic nitrogens is 2. The van der Waals surface area contributed by atoms with E-state index in [9.17, 15) is 5.11 Å². The van der Waals surface area contributed by atoms with E-state index in [1.54, 1.807) is 18.6 Å². The summed E-state index contributed by atoms with van der Waals surface area (Å²) in [6.45, 7) is 2.73. The molecule has 2 heterocycles. The maximum atomic E-state index is 9.35. The molecule has 18 heavy (non-hydrogen) atoms. The highest BCUT2D eigenvalue weighted by Gasteiger charge is 2.08. The van der Waals surface area contributed by atoms with E-state index in [0.29, 0.717) is 0 Å². The number of pyridine rings is 2. The quantitative estimate of drug-likeness (QED) is 0.891. The van der Waals surface area contributed by atoms with E-state index in [4.69, 9.17) is 0 Å². The lowest BCUT2D eigenvalue weighted by atomic mass is 10.2. The normalized spacial score (nSPS) is 10.4. The molecule has 2 aromatic heterocycles. The van der Waals surface area contributed by atoms with Crippen LogP contribution in [0.15, 0.2) is 36.8 Å². The number of rotatable bonds is 4. The van der Waals surface area contributed by atoms with Crippen LogP contribution in [0.25, 0.3) is 0 Å². The Morgan fingerprint density at radius 3 is 2.67 bits per heavy atom. The topological polar surface area (TPSA) is 49.2 Å². The standard InChI is InChI=1S/C14H17N3O/c1-11-7-14(13(10-18)8-16-11)17(2)9-12-3-5-15-6-4-12/h3-8,18H,9-10H2,1-2H3. The molecule has 0 fully saturated rings. The van der Waals surface area contributed by atoms with Crippen LogP contribution in [0, 0.1) is 6.92 Å². The van der Waals surface area contributed by atoms with E-state index < -0.39 is 0 Å². The predicted molar refractivity (Wildman–Crippen MR) is 71.2 cm³/mol. The highest BCUT2D eigenvalue weighted by molar-refractivity contribution is 5.53. The highest BCUT2D eigenvalue weighted by atomic mass is 16.3. The summed E-state index contributed by atoms with van der Waals surface area (Å²) in [6.07, 6.45) is 5.30. The first kappa shape index (κ1) is 12.5. The molecule has 4 heteroatoms. The lowest BCUT2D eigenvalue weighted by Gasteiger charge is -2.22. The molecule has 0 atom stereocenters. The Hall–Kier alpha value is -1.94. The minimum Gasteiger partial charge on any atom is -0.392 e. The van der Waals surface area contributed by atoms with E-state index >= 15 is 0 Å². The Kier molecular flexibility index (Phi) is 3.89. The molecule has 1 N–H and O–H groups in total. The van der Waals surface area contributed by atoms with Gasteiger partial charge in [-0.1, -0.05) is 0 Å². The van der Waals surface area contributed by atoms with Gasteiger partial charge in [-0.2, -0.15) is 0 Å². The van der Waals surface area contributed by atoms with Gasteiger partial charge in [-0.3, -0.25) is 9.97 Å². The van der Waals surface area contributed by atoms with Gasteiger partial charge in [-0.15, -0.1) is 0 Å². The second-order valence-corrected chi connectivity index (χ2v) is 4.32. The van der Waals surface area contributed by atoms with E-state index in [2.05, 4.69) is 14.9 Å². The van der Waals surface area contributed by atoms with E-state index in [0.717, 1.165) is 23.5 Å².